The molecule has 1 aromatic carbocycles. The Balaban J connectivity index is 1.98. The van der Waals surface area contributed by atoms with Gasteiger partial charge in [0.1, 0.15) is 17.9 Å². The third-order valence-electron chi connectivity index (χ3n) is 2.77. The highest BCUT2D eigenvalue weighted by Gasteiger charge is 2.20. The van der Waals surface area contributed by atoms with Gasteiger partial charge in [-0.15, -0.1) is 0 Å². The summed E-state index contributed by atoms with van der Waals surface area (Å²) in [7, 11) is 1.68. The number of likely N-dealkylation sites (N-methyl/N-ethyl adjacent to an activating group) is 1. The lowest BCUT2D eigenvalue weighted by Gasteiger charge is -2.21. The van der Waals surface area contributed by atoms with Crippen LogP contribution in [-0.4, -0.2) is 39.1 Å². The molecule has 0 bridgehead atoms. The van der Waals surface area contributed by atoms with Crippen LogP contribution in [0.25, 0.3) is 0 Å². The third-order valence-corrected chi connectivity index (χ3v) is 3.63. The van der Waals surface area contributed by atoms with Gasteiger partial charge in [0.15, 0.2) is 6.10 Å². The second-order valence-corrected chi connectivity index (χ2v) is 5.75. The van der Waals surface area contributed by atoms with Crippen LogP contribution < -0.4 is 4.74 Å². The van der Waals surface area contributed by atoms with E-state index in [1.807, 2.05) is 0 Å². The third kappa shape index (κ3) is 4.18. The molecule has 0 radical (unpaired) electrons. The zero-order valence-electron chi connectivity index (χ0n) is 11.5. The maximum Gasteiger partial charge on any atom is 0.263 e. The number of aromatic nitrogens is 3. The Bertz CT molecular complexity index is 621. The molecule has 0 saturated heterocycles. The SMILES string of the molecule is CC(Oc1ccc(Cl)cc1Br)C(=O)N(C)Cc1ncn[nH]1. The molecule has 0 fully saturated rings. The highest BCUT2D eigenvalue weighted by molar-refractivity contribution is 9.10. The van der Waals surface area contributed by atoms with Crippen LogP contribution in [0.15, 0.2) is 29.0 Å². The summed E-state index contributed by atoms with van der Waals surface area (Å²) < 4.78 is 6.36. The number of hydrogen-bond donors (Lipinski definition) is 1. The lowest BCUT2D eigenvalue weighted by molar-refractivity contribution is -0.137. The second kappa shape index (κ2) is 6.91. The molecule has 8 heteroatoms. The number of H-pyrrole nitrogens is 1. The number of nitrogens with one attached hydrogen (secondary N) is 1. The zero-order chi connectivity index (χ0) is 15.4. The first-order chi connectivity index (χ1) is 9.97. The second-order valence-electron chi connectivity index (χ2n) is 4.46. The summed E-state index contributed by atoms with van der Waals surface area (Å²) >= 11 is 9.22. The number of rotatable bonds is 5. The summed E-state index contributed by atoms with van der Waals surface area (Å²) in [4.78, 5) is 17.8. The number of benzene rings is 1. The molecule has 6 nitrogen and oxygen atoms in total. The number of halogens is 2. The van der Waals surface area contributed by atoms with E-state index in [1.165, 1.54) is 11.2 Å². The Hall–Kier alpha value is -1.60. The van der Waals surface area contributed by atoms with E-state index < -0.39 is 6.10 Å². The molecule has 0 spiro atoms. The largest absolute Gasteiger partial charge is 0.480 e. The first-order valence-electron chi connectivity index (χ1n) is 6.18. The molecule has 1 aromatic heterocycles. The first-order valence-corrected chi connectivity index (χ1v) is 7.35. The van der Waals surface area contributed by atoms with Crippen molar-refractivity contribution in [1.29, 1.82) is 0 Å². The fourth-order valence-electron chi connectivity index (χ4n) is 1.73. The highest BCUT2D eigenvalue weighted by atomic mass is 79.9. The molecule has 0 aliphatic rings. The summed E-state index contributed by atoms with van der Waals surface area (Å²) in [5.41, 5.74) is 0. The van der Waals surface area contributed by atoms with E-state index in [9.17, 15) is 4.79 Å². The van der Waals surface area contributed by atoms with Crippen LogP contribution >= 0.6 is 27.5 Å². The summed E-state index contributed by atoms with van der Waals surface area (Å²) in [6.07, 6.45) is 0.772. The predicted molar refractivity (Wildman–Crippen MR) is 82.1 cm³/mol. The van der Waals surface area contributed by atoms with Gasteiger partial charge in [-0.05, 0) is 41.1 Å². The van der Waals surface area contributed by atoms with Gasteiger partial charge in [0.2, 0.25) is 0 Å². The van der Waals surface area contributed by atoms with E-state index in [-0.39, 0.29) is 5.91 Å². The van der Waals surface area contributed by atoms with Gasteiger partial charge >= 0.3 is 0 Å². The summed E-state index contributed by atoms with van der Waals surface area (Å²) in [5, 5.41) is 7.05. The van der Waals surface area contributed by atoms with Crippen LogP contribution in [0, 0.1) is 0 Å². The molecule has 112 valence electrons. The van der Waals surface area contributed by atoms with Gasteiger partial charge in [-0.3, -0.25) is 9.89 Å². The van der Waals surface area contributed by atoms with Crippen molar-refractivity contribution in [2.75, 3.05) is 7.05 Å². The maximum absolute atomic E-state index is 12.2. The Morgan fingerprint density at radius 1 is 1.57 bits per heavy atom. The molecule has 0 aliphatic carbocycles. The van der Waals surface area contributed by atoms with Crippen molar-refractivity contribution in [3.63, 3.8) is 0 Å². The maximum atomic E-state index is 12.2. The number of ether oxygens (including phenoxy) is 1. The van der Waals surface area contributed by atoms with Gasteiger partial charge in [-0.2, -0.15) is 5.10 Å². The molecular formula is C13H14BrClN4O2. The Morgan fingerprint density at radius 2 is 2.33 bits per heavy atom. The average molecular weight is 374 g/mol. The monoisotopic (exact) mass is 372 g/mol. The van der Waals surface area contributed by atoms with Crippen molar-refractivity contribution in [2.45, 2.75) is 19.6 Å². The summed E-state index contributed by atoms with van der Waals surface area (Å²) in [6.45, 7) is 2.04. The standard InChI is InChI=1S/C13H14BrClN4O2/c1-8(21-11-4-3-9(15)5-10(11)14)13(20)19(2)6-12-16-7-17-18-12/h3-5,7-8H,6H2,1-2H3,(H,16,17,18). The number of aromatic amines is 1. The molecule has 1 N–H and O–H groups in total. The van der Waals surface area contributed by atoms with E-state index in [0.29, 0.717) is 27.6 Å². The minimum absolute atomic E-state index is 0.159. The van der Waals surface area contributed by atoms with Gasteiger partial charge in [0.25, 0.3) is 5.91 Å². The quantitative estimate of drug-likeness (QED) is 0.874. The normalized spacial score (nSPS) is 12.0. The Labute approximate surface area is 135 Å². The van der Waals surface area contributed by atoms with E-state index in [1.54, 1.807) is 32.2 Å². The molecule has 1 unspecified atom stereocenters. The minimum Gasteiger partial charge on any atom is -0.480 e. The van der Waals surface area contributed by atoms with Crippen LogP contribution in [0.5, 0.6) is 5.75 Å². The fraction of sp³-hybridized carbons (Fsp3) is 0.308. The lowest BCUT2D eigenvalue weighted by atomic mass is 10.3. The van der Waals surface area contributed by atoms with E-state index >= 15 is 0 Å². The Morgan fingerprint density at radius 3 is 2.95 bits per heavy atom. The molecular weight excluding hydrogens is 360 g/mol. The van der Waals surface area contributed by atoms with Crippen LogP contribution in [0.1, 0.15) is 12.7 Å². The van der Waals surface area contributed by atoms with Gasteiger partial charge in [0.05, 0.1) is 11.0 Å². The number of hydrogen-bond acceptors (Lipinski definition) is 4. The average Bonchev–Trinajstić information content (AvgIpc) is 2.93. The van der Waals surface area contributed by atoms with Gasteiger partial charge in [-0.25, -0.2) is 4.98 Å². The van der Waals surface area contributed by atoms with Crippen LogP contribution in [0.4, 0.5) is 0 Å². The zero-order valence-corrected chi connectivity index (χ0v) is 13.8. The van der Waals surface area contributed by atoms with Crippen molar-refractivity contribution in [1.82, 2.24) is 20.1 Å². The predicted octanol–water partition coefficient (Wildman–Crippen LogP) is 2.65. The molecule has 2 rings (SSSR count). The highest BCUT2D eigenvalue weighted by Crippen LogP contribution is 2.28. The molecule has 0 aliphatic heterocycles. The smallest absolute Gasteiger partial charge is 0.263 e. The van der Waals surface area contributed by atoms with Crippen LogP contribution in [0.3, 0.4) is 0 Å². The van der Waals surface area contributed by atoms with Crippen molar-refractivity contribution in [2.24, 2.45) is 0 Å². The summed E-state index contributed by atoms with van der Waals surface area (Å²) in [5.74, 6) is 1.02. The van der Waals surface area contributed by atoms with E-state index in [2.05, 4.69) is 31.1 Å². The first kappa shape index (κ1) is 15.8. The van der Waals surface area contributed by atoms with E-state index in [0.717, 1.165) is 0 Å². The molecule has 1 amide bonds. The number of carbonyl (C=O) groups is 1. The van der Waals surface area contributed by atoms with Crippen molar-refractivity contribution >= 4 is 33.4 Å². The number of carbonyl (C=O) groups excluding carboxylic acids is 1. The fourth-order valence-corrected chi connectivity index (χ4v) is 2.51. The van der Waals surface area contributed by atoms with Crippen LogP contribution in [-0.2, 0) is 11.3 Å². The van der Waals surface area contributed by atoms with Crippen molar-refractivity contribution in [3.05, 3.63) is 39.8 Å². The van der Waals surface area contributed by atoms with Gasteiger partial charge in [0, 0.05) is 12.1 Å². The lowest BCUT2D eigenvalue weighted by Crippen LogP contribution is -2.37. The molecule has 21 heavy (non-hydrogen) atoms. The molecule has 0 saturated carbocycles. The number of amides is 1. The molecule has 2 aromatic rings. The van der Waals surface area contributed by atoms with Gasteiger partial charge < -0.3 is 9.64 Å². The number of nitrogens with zero attached hydrogens (tertiary/aromatic N) is 3. The van der Waals surface area contributed by atoms with Crippen molar-refractivity contribution in [3.8, 4) is 5.75 Å². The molecule has 1 atom stereocenters. The Kier molecular flexibility index (Phi) is 5.19. The minimum atomic E-state index is -0.629. The van der Waals surface area contributed by atoms with Crippen LogP contribution in [0.2, 0.25) is 5.02 Å². The topological polar surface area (TPSA) is 71.1 Å². The molecule has 1 heterocycles. The van der Waals surface area contributed by atoms with Crippen molar-refractivity contribution < 1.29 is 9.53 Å². The van der Waals surface area contributed by atoms with E-state index in [4.69, 9.17) is 16.3 Å². The summed E-state index contributed by atoms with van der Waals surface area (Å²) in [6, 6.07) is 5.13. The van der Waals surface area contributed by atoms with Gasteiger partial charge in [-0.1, -0.05) is 11.6 Å².